The second-order valence-electron chi connectivity index (χ2n) is 6.11. The van der Waals surface area contributed by atoms with Crippen LogP contribution in [0.3, 0.4) is 0 Å². The van der Waals surface area contributed by atoms with Gasteiger partial charge in [-0.05, 0) is 42.5 Å². The summed E-state index contributed by atoms with van der Waals surface area (Å²) in [6, 6.07) is 3.99. The van der Waals surface area contributed by atoms with E-state index in [-0.39, 0.29) is 27.8 Å². The Balaban J connectivity index is 2.89. The van der Waals surface area contributed by atoms with Crippen molar-refractivity contribution in [2.24, 2.45) is 20.5 Å². The number of phenols is 1. The fraction of sp³-hybridized carbons (Fsp3) is 0. The molecule has 0 bridgehead atoms. The summed E-state index contributed by atoms with van der Waals surface area (Å²) in [5.74, 6) is -0.553. The lowest BCUT2D eigenvalue weighted by atomic mass is 10.1. The topological polar surface area (TPSA) is 150 Å². The molecule has 0 amide bonds. The number of nitrogens with zero attached hydrogens (tertiary/aromatic N) is 4. The molecule has 0 spiro atoms. The number of benzene rings is 2. The fourth-order valence-electron chi connectivity index (χ4n) is 2.57. The first-order chi connectivity index (χ1) is 15.2. The predicted octanol–water partition coefficient (Wildman–Crippen LogP) is 6.05. The highest BCUT2D eigenvalue weighted by molar-refractivity contribution is 7.86. The van der Waals surface area contributed by atoms with E-state index in [0.29, 0.717) is 5.70 Å². The lowest BCUT2D eigenvalue weighted by molar-refractivity contribution is 0.472. The highest BCUT2D eigenvalue weighted by Crippen LogP contribution is 2.45. The second-order valence-corrected chi connectivity index (χ2v) is 7.50. The van der Waals surface area contributed by atoms with E-state index in [1.165, 1.54) is 42.5 Å². The zero-order chi connectivity index (χ0) is 23.9. The van der Waals surface area contributed by atoms with Crippen molar-refractivity contribution < 1.29 is 18.1 Å². The average Bonchev–Trinajstić information content (AvgIpc) is 2.75. The van der Waals surface area contributed by atoms with Crippen molar-refractivity contribution in [3.63, 3.8) is 0 Å². The summed E-state index contributed by atoms with van der Waals surface area (Å²) in [6.07, 6.45) is 8.71. The highest BCUT2D eigenvalue weighted by atomic mass is 32.2. The summed E-state index contributed by atoms with van der Waals surface area (Å²) >= 11 is 0. The van der Waals surface area contributed by atoms with Crippen LogP contribution in [0.15, 0.2) is 118 Å². The molecule has 0 fully saturated rings. The van der Waals surface area contributed by atoms with Crippen LogP contribution >= 0.6 is 0 Å². The third-order valence-corrected chi connectivity index (χ3v) is 4.91. The number of phenolic OH excluding ortho intramolecular Hbond substituents is 1. The molecule has 0 saturated heterocycles. The van der Waals surface area contributed by atoms with Gasteiger partial charge in [0.25, 0.3) is 10.1 Å². The van der Waals surface area contributed by atoms with Crippen molar-refractivity contribution in [3.05, 3.63) is 92.4 Å². The number of azo groups is 2. The molecule has 0 aliphatic rings. The zero-order valence-electron chi connectivity index (χ0n) is 17.0. The zero-order valence-corrected chi connectivity index (χ0v) is 17.8. The molecule has 2 rings (SSSR count). The third-order valence-electron chi connectivity index (χ3n) is 4.04. The molecule has 32 heavy (non-hydrogen) atoms. The number of hydrogen-bond acceptors (Lipinski definition) is 8. The number of anilines is 1. The molecule has 9 nitrogen and oxygen atoms in total. The summed E-state index contributed by atoms with van der Waals surface area (Å²) in [6.45, 7) is 14.3. The van der Waals surface area contributed by atoms with Gasteiger partial charge in [0.05, 0.1) is 17.1 Å². The van der Waals surface area contributed by atoms with Crippen molar-refractivity contribution in [2.75, 3.05) is 5.73 Å². The second kappa shape index (κ2) is 10.2. The fourth-order valence-corrected chi connectivity index (χ4v) is 3.22. The van der Waals surface area contributed by atoms with Gasteiger partial charge in [0, 0.05) is 10.8 Å². The first kappa shape index (κ1) is 24.1. The first-order valence-corrected chi connectivity index (χ1v) is 10.4. The van der Waals surface area contributed by atoms with Gasteiger partial charge in [-0.2, -0.15) is 18.6 Å². The molecule has 0 aromatic heterocycles. The minimum absolute atomic E-state index is 0.0707. The van der Waals surface area contributed by atoms with Crippen LogP contribution in [-0.2, 0) is 10.1 Å². The van der Waals surface area contributed by atoms with E-state index in [1.54, 1.807) is 6.08 Å². The van der Waals surface area contributed by atoms with Crippen LogP contribution in [0.25, 0.3) is 10.8 Å². The molecule has 164 valence electrons. The van der Waals surface area contributed by atoms with Gasteiger partial charge in [-0.15, -0.1) is 10.2 Å². The average molecular weight is 452 g/mol. The van der Waals surface area contributed by atoms with Gasteiger partial charge in [-0.1, -0.05) is 38.5 Å². The largest absolute Gasteiger partial charge is 0.505 e. The van der Waals surface area contributed by atoms with E-state index >= 15 is 0 Å². The highest BCUT2D eigenvalue weighted by Gasteiger charge is 2.24. The van der Waals surface area contributed by atoms with E-state index in [2.05, 4.69) is 46.8 Å². The maximum absolute atomic E-state index is 12.1. The molecule has 0 aliphatic heterocycles. The summed E-state index contributed by atoms with van der Waals surface area (Å²) < 4.78 is 33.9. The lowest BCUT2D eigenvalue weighted by Crippen LogP contribution is -1.99. The standard InChI is InChI=1S/C22H21N5O4S/c1-5-9-14(7-3)24-26-20-17-13-19(32(29,30)31)21(27-25-15(8-4)10-6-2)22(28)16(17)11-12-18(20)23/h5-13,28H,1-4,23H2,(H,29,30,31)/b14-9+,15-10+,26-24+,27-25+. The van der Waals surface area contributed by atoms with Gasteiger partial charge >= 0.3 is 0 Å². The maximum Gasteiger partial charge on any atom is 0.296 e. The van der Waals surface area contributed by atoms with Crippen molar-refractivity contribution in [1.29, 1.82) is 0 Å². The van der Waals surface area contributed by atoms with E-state index in [0.717, 1.165) is 6.07 Å². The van der Waals surface area contributed by atoms with Crippen LogP contribution in [0.2, 0.25) is 0 Å². The molecule has 0 atom stereocenters. The number of rotatable bonds is 9. The Hall–Kier alpha value is -4.15. The lowest BCUT2D eigenvalue weighted by Gasteiger charge is -2.11. The molecule has 2 aromatic carbocycles. The number of allylic oxidation sites excluding steroid dienone is 6. The molecule has 0 heterocycles. The monoisotopic (exact) mass is 451 g/mol. The number of nitrogens with two attached hydrogens (primary N) is 1. The molecule has 0 saturated carbocycles. The molecular formula is C22H21N5O4S. The van der Waals surface area contributed by atoms with Crippen LogP contribution in [0.4, 0.5) is 17.1 Å². The molecule has 0 aliphatic carbocycles. The Kier molecular flexibility index (Phi) is 7.72. The number of aromatic hydroxyl groups is 1. The van der Waals surface area contributed by atoms with E-state index in [4.69, 9.17) is 5.73 Å². The Morgan fingerprint density at radius 2 is 1.44 bits per heavy atom. The van der Waals surface area contributed by atoms with E-state index in [9.17, 15) is 18.1 Å². The summed E-state index contributed by atoms with van der Waals surface area (Å²) in [4.78, 5) is -0.694. The number of nitrogen functional groups attached to an aromatic ring is 1. The Morgan fingerprint density at radius 3 is 1.91 bits per heavy atom. The predicted molar refractivity (Wildman–Crippen MR) is 126 cm³/mol. The SMILES string of the molecule is C=C/C=C(C=C)/N=N/c1c(S(=O)(=O)O)cc2c(/N=N/C(C=C)=C/C=C)c(N)ccc2c1O. The quantitative estimate of drug-likeness (QED) is 0.183. The van der Waals surface area contributed by atoms with Gasteiger partial charge in [0.1, 0.15) is 16.3 Å². The molecule has 2 aromatic rings. The minimum atomic E-state index is -4.82. The Bertz CT molecular complexity index is 1340. The summed E-state index contributed by atoms with van der Waals surface area (Å²) in [7, 11) is -4.82. The van der Waals surface area contributed by atoms with Crippen molar-refractivity contribution >= 4 is 38.0 Å². The normalized spacial score (nSPS) is 13.0. The molecular weight excluding hydrogens is 430 g/mol. The number of hydrogen-bond donors (Lipinski definition) is 3. The van der Waals surface area contributed by atoms with Gasteiger partial charge in [-0.3, -0.25) is 4.55 Å². The number of fused-ring (bicyclic) bond motifs is 1. The van der Waals surface area contributed by atoms with Crippen molar-refractivity contribution in [3.8, 4) is 5.75 Å². The Labute approximate surface area is 185 Å². The van der Waals surface area contributed by atoms with Gasteiger partial charge in [-0.25, -0.2) is 0 Å². The van der Waals surface area contributed by atoms with Crippen molar-refractivity contribution in [1.82, 2.24) is 0 Å². The summed E-state index contributed by atoms with van der Waals surface area (Å²) in [5, 5.41) is 26.8. The maximum atomic E-state index is 12.1. The van der Waals surface area contributed by atoms with Gasteiger partial charge in [0.2, 0.25) is 0 Å². The first-order valence-electron chi connectivity index (χ1n) is 8.97. The van der Waals surface area contributed by atoms with Crippen LogP contribution in [0, 0.1) is 0 Å². The van der Waals surface area contributed by atoms with Crippen LogP contribution in [-0.4, -0.2) is 18.1 Å². The third kappa shape index (κ3) is 5.31. The van der Waals surface area contributed by atoms with Crippen LogP contribution in [0.5, 0.6) is 5.75 Å². The molecule has 4 N–H and O–H groups in total. The van der Waals surface area contributed by atoms with Gasteiger partial charge in [0.15, 0.2) is 5.75 Å². The Morgan fingerprint density at radius 1 is 0.906 bits per heavy atom. The smallest absolute Gasteiger partial charge is 0.296 e. The van der Waals surface area contributed by atoms with Crippen LogP contribution < -0.4 is 5.73 Å². The molecule has 10 heteroatoms. The van der Waals surface area contributed by atoms with Crippen LogP contribution in [0.1, 0.15) is 0 Å². The van der Waals surface area contributed by atoms with E-state index < -0.39 is 26.5 Å². The summed E-state index contributed by atoms with van der Waals surface area (Å²) in [5.41, 5.74) is 6.37. The van der Waals surface area contributed by atoms with E-state index in [1.807, 2.05) is 0 Å². The minimum Gasteiger partial charge on any atom is -0.505 e. The van der Waals surface area contributed by atoms with Gasteiger partial charge < -0.3 is 10.8 Å². The molecule has 0 unspecified atom stereocenters. The molecule has 0 radical (unpaired) electrons. The van der Waals surface area contributed by atoms with Crippen molar-refractivity contribution in [2.45, 2.75) is 4.90 Å².